The zero-order chi connectivity index (χ0) is 22.2. The Kier molecular flexibility index (Phi) is 9.62. The van der Waals surface area contributed by atoms with E-state index in [0.717, 1.165) is 15.8 Å². The predicted molar refractivity (Wildman–Crippen MR) is 135 cm³/mol. The zero-order valence-corrected chi connectivity index (χ0v) is 24.5. The monoisotopic (exact) mass is 580 g/mol. The molecule has 0 saturated heterocycles. The van der Waals surface area contributed by atoms with Gasteiger partial charge in [-0.2, -0.15) is 0 Å². The summed E-state index contributed by atoms with van der Waals surface area (Å²) in [5, 5.41) is 4.02. The van der Waals surface area contributed by atoms with Crippen LogP contribution in [-0.4, -0.2) is 6.19 Å². The number of halogens is 4. The Hall–Kier alpha value is -0.969. The minimum atomic E-state index is -2.06. The number of hydrogen-bond acceptors (Lipinski definition) is 1. The first kappa shape index (κ1) is 27.6. The molecule has 0 heterocycles. The third kappa shape index (κ3) is 5.25. The standard InChI is InChI=1S/C13H7Cl2.C10H8O.C4H10Si.2ClH.Ti/c14-10-3-1-8-5-9-2-4-11(15)7-13(9)12(8)6-10;11-10-6-5-8-3-1-2-4-9(8)7-10;1-3-5-4-2;;;/h1-7H;1-7,11H;3-4H2,1-2H3;2*1H;/q;;;;;+3/p-3. The fourth-order valence-corrected chi connectivity index (χ4v) is 16.9. The van der Waals surface area contributed by atoms with Gasteiger partial charge in [0.25, 0.3) is 0 Å². The maximum atomic E-state index is 7.07. The third-order valence-electron chi connectivity index (χ3n) is 6.36. The summed E-state index contributed by atoms with van der Waals surface area (Å²) in [5.41, 5.74) is 5.18. The van der Waals surface area contributed by atoms with Crippen molar-refractivity contribution in [3.63, 3.8) is 0 Å². The minimum Gasteiger partial charge on any atom is -1.00 e. The molecule has 4 aromatic carbocycles. The second-order valence-corrected chi connectivity index (χ2v) is 19.4. The first-order chi connectivity index (χ1) is 15.6. The van der Waals surface area contributed by atoms with Crippen LogP contribution in [0.2, 0.25) is 22.1 Å². The van der Waals surface area contributed by atoms with Crippen LogP contribution in [0, 0.1) is 0 Å². The van der Waals surface area contributed by atoms with E-state index in [0.29, 0.717) is 4.22 Å². The van der Waals surface area contributed by atoms with Gasteiger partial charge in [0.05, 0.1) is 0 Å². The molecule has 0 aromatic heterocycles. The van der Waals surface area contributed by atoms with E-state index in [2.05, 4.69) is 80.6 Å². The Labute approximate surface area is 230 Å². The molecule has 1 aliphatic carbocycles. The van der Waals surface area contributed by atoms with Gasteiger partial charge >= 0.3 is 208 Å². The molecular weight excluding hydrogens is 558 g/mol. The molecule has 4 aromatic rings. The molecule has 5 rings (SSSR count). The molecule has 0 bridgehead atoms. The summed E-state index contributed by atoms with van der Waals surface area (Å²) in [4.78, 5) is 0. The minimum absolute atomic E-state index is 0. The van der Waals surface area contributed by atoms with E-state index < -0.39 is 23.2 Å². The van der Waals surface area contributed by atoms with Crippen molar-refractivity contribution in [3.8, 4) is 16.9 Å². The van der Waals surface area contributed by atoms with Crippen LogP contribution in [0.1, 0.15) is 29.2 Å². The molecule has 0 spiro atoms. The largest absolute Gasteiger partial charge is 1.00 e. The van der Waals surface area contributed by atoms with Crippen molar-refractivity contribution in [2.24, 2.45) is 0 Å². The van der Waals surface area contributed by atoms with Gasteiger partial charge in [-0.25, -0.2) is 0 Å². The molecular formula is C27H24Cl4OSiTi. The van der Waals surface area contributed by atoms with Gasteiger partial charge in [-0.05, 0) is 0 Å². The van der Waals surface area contributed by atoms with Crippen molar-refractivity contribution < 1.29 is 45.1 Å². The van der Waals surface area contributed by atoms with E-state index >= 15 is 0 Å². The van der Waals surface area contributed by atoms with Gasteiger partial charge in [0.2, 0.25) is 0 Å². The molecule has 0 saturated carbocycles. The van der Waals surface area contributed by atoms with Crippen LogP contribution in [-0.2, 0) is 17.0 Å². The summed E-state index contributed by atoms with van der Waals surface area (Å²) in [6, 6.07) is 30.2. The molecule has 0 atom stereocenters. The van der Waals surface area contributed by atoms with E-state index in [1.165, 1.54) is 45.1 Å². The number of fused-ring (bicyclic) bond motifs is 4. The van der Waals surface area contributed by atoms with Crippen LogP contribution in [0.3, 0.4) is 0 Å². The summed E-state index contributed by atoms with van der Waals surface area (Å²) < 4.78 is 7.41. The Bertz CT molecular complexity index is 1310. The maximum absolute atomic E-state index is 7.07. The molecule has 0 unspecified atom stereocenters. The van der Waals surface area contributed by atoms with E-state index in [9.17, 15) is 0 Å². The summed E-state index contributed by atoms with van der Waals surface area (Å²) in [5.74, 6) is 1.01. The molecule has 34 heavy (non-hydrogen) atoms. The topological polar surface area (TPSA) is 9.23 Å². The molecule has 0 aliphatic heterocycles. The van der Waals surface area contributed by atoms with Gasteiger partial charge in [0.1, 0.15) is 0 Å². The molecule has 0 fully saturated rings. The Morgan fingerprint density at radius 3 is 1.85 bits per heavy atom. The molecule has 1 nitrogen and oxygen atoms in total. The first-order valence-electron chi connectivity index (χ1n) is 11.1. The van der Waals surface area contributed by atoms with Gasteiger partial charge in [-0.15, -0.1) is 0 Å². The van der Waals surface area contributed by atoms with Crippen LogP contribution in [0.25, 0.3) is 21.9 Å². The van der Waals surface area contributed by atoms with Crippen molar-refractivity contribution in [2.45, 2.75) is 30.2 Å². The summed E-state index contributed by atoms with van der Waals surface area (Å²) in [6.45, 7) is 4.68. The van der Waals surface area contributed by atoms with E-state index in [1.807, 2.05) is 12.1 Å². The van der Waals surface area contributed by atoms with Gasteiger partial charge in [-0.1, -0.05) is 0 Å². The SMILES string of the molecule is CC[Si](CC)=[Ti+2]([O]c1ccc2ccccc2c1)[CH]1c2ccc(Cl)cc2-c2cc(Cl)ccc21.[Cl-].[Cl-]. The van der Waals surface area contributed by atoms with Crippen molar-refractivity contribution in [1.82, 2.24) is 0 Å². The van der Waals surface area contributed by atoms with Gasteiger partial charge in [0, 0.05) is 0 Å². The average molecular weight is 582 g/mol. The fraction of sp³-hybridized carbons (Fsp3) is 0.185. The second kappa shape index (κ2) is 11.8. The normalized spacial score (nSPS) is 11.5. The van der Waals surface area contributed by atoms with Crippen LogP contribution < -0.4 is 28.1 Å². The molecule has 0 amide bonds. The van der Waals surface area contributed by atoms with Crippen molar-refractivity contribution in [2.75, 3.05) is 0 Å². The van der Waals surface area contributed by atoms with Crippen LogP contribution in [0.4, 0.5) is 0 Å². The third-order valence-corrected chi connectivity index (χ3v) is 19.9. The maximum Gasteiger partial charge on any atom is -1.00 e. The Balaban J connectivity index is 0.00000162. The first-order valence-corrected chi connectivity index (χ1v) is 17.6. The molecule has 1 aliphatic rings. The molecule has 0 N–H and O–H groups in total. The fourth-order valence-electron chi connectivity index (χ4n) is 4.77. The summed E-state index contributed by atoms with van der Waals surface area (Å²) in [6.07, 6.45) is -0.620. The molecule has 7 heteroatoms. The predicted octanol–water partition coefficient (Wildman–Crippen LogP) is 2.87. The summed E-state index contributed by atoms with van der Waals surface area (Å²) in [7, 11) is 0. The second-order valence-electron chi connectivity index (χ2n) is 8.18. The van der Waals surface area contributed by atoms with Gasteiger partial charge < -0.3 is 24.8 Å². The van der Waals surface area contributed by atoms with Crippen LogP contribution >= 0.6 is 23.2 Å². The van der Waals surface area contributed by atoms with Crippen molar-refractivity contribution >= 4 is 40.2 Å². The smallest absolute Gasteiger partial charge is 1.00 e. The molecule has 174 valence electrons. The van der Waals surface area contributed by atoms with Gasteiger partial charge in [-0.3, -0.25) is 0 Å². The molecule has 0 radical (unpaired) electrons. The number of rotatable bonds is 5. The van der Waals surface area contributed by atoms with E-state index in [4.69, 9.17) is 26.5 Å². The number of benzene rings is 4. The van der Waals surface area contributed by atoms with Crippen molar-refractivity contribution in [3.05, 3.63) is 100 Å². The van der Waals surface area contributed by atoms with Gasteiger partial charge in [0.15, 0.2) is 0 Å². The summed E-state index contributed by atoms with van der Waals surface area (Å²) >= 11 is 10.8. The van der Waals surface area contributed by atoms with E-state index in [-0.39, 0.29) is 24.8 Å². The Morgan fingerprint density at radius 2 is 1.29 bits per heavy atom. The Morgan fingerprint density at radius 1 is 0.735 bits per heavy atom. The quantitative estimate of drug-likeness (QED) is 0.330. The van der Waals surface area contributed by atoms with E-state index in [1.54, 1.807) is 0 Å². The average Bonchev–Trinajstić information content (AvgIpc) is 3.11. The van der Waals surface area contributed by atoms with Crippen molar-refractivity contribution in [1.29, 1.82) is 0 Å². The number of hydrogen-bond donors (Lipinski definition) is 0. The zero-order valence-electron chi connectivity index (χ0n) is 18.9. The van der Waals surface area contributed by atoms with Crippen LogP contribution in [0.5, 0.6) is 5.75 Å². The van der Waals surface area contributed by atoms with Crippen LogP contribution in [0.15, 0.2) is 78.9 Å².